The van der Waals surface area contributed by atoms with Gasteiger partial charge in [-0.25, -0.2) is 4.79 Å². The van der Waals surface area contributed by atoms with Crippen LogP contribution in [0.15, 0.2) is 24.3 Å². The van der Waals surface area contributed by atoms with Gasteiger partial charge in [0.25, 0.3) is 0 Å². The molecule has 10 heteroatoms. The molecule has 10 nitrogen and oxygen atoms in total. The first kappa shape index (κ1) is 25.6. The summed E-state index contributed by atoms with van der Waals surface area (Å²) in [7, 11) is 0. The van der Waals surface area contributed by atoms with Gasteiger partial charge in [0, 0.05) is 12.0 Å². The normalized spacial score (nSPS) is 12.6. The molecule has 0 spiro atoms. The van der Waals surface area contributed by atoms with Crippen LogP contribution in [0.25, 0.3) is 0 Å². The molecule has 1 rings (SSSR count). The van der Waals surface area contributed by atoms with E-state index in [0.717, 1.165) is 5.56 Å². The Kier molecular flexibility index (Phi) is 10.2. The molecule has 0 fully saturated rings. The highest BCUT2D eigenvalue weighted by Crippen LogP contribution is 2.09. The summed E-state index contributed by atoms with van der Waals surface area (Å²) >= 11 is 0. The van der Waals surface area contributed by atoms with Crippen LogP contribution in [0.3, 0.4) is 0 Å². The lowest BCUT2D eigenvalue weighted by atomic mass is 10.0. The van der Waals surface area contributed by atoms with Crippen molar-refractivity contribution in [1.82, 2.24) is 10.6 Å². The maximum Gasteiger partial charge on any atom is 0.326 e. The highest BCUT2D eigenvalue weighted by Gasteiger charge is 2.29. The Bertz CT molecular complexity index is 807. The van der Waals surface area contributed by atoms with E-state index in [2.05, 4.69) is 10.6 Å². The standard InChI is InChI=1S/C21H30N4O6/c1-12(2)18(21(30)31)25-20(29)15(11-17(27)28)24-16(26)6-4-3-5-13-7-9-14(10-8-13)19(22)23/h7-10,12,15,18H,3-6,11H2,1-2H3,(H3,22,23)(H,24,26)(H,25,29)(H,27,28)(H,30,31)/t15-,18-/m0/s1. The number of benzene rings is 1. The van der Waals surface area contributed by atoms with Crippen LogP contribution in [0, 0.1) is 11.3 Å². The monoisotopic (exact) mass is 434 g/mol. The molecular formula is C21H30N4O6. The molecule has 0 unspecified atom stereocenters. The van der Waals surface area contributed by atoms with Crippen molar-refractivity contribution in [2.45, 2.75) is 58.0 Å². The molecule has 2 amide bonds. The smallest absolute Gasteiger partial charge is 0.326 e. The highest BCUT2D eigenvalue weighted by molar-refractivity contribution is 5.95. The zero-order chi connectivity index (χ0) is 23.6. The van der Waals surface area contributed by atoms with Crippen molar-refractivity contribution in [3.8, 4) is 0 Å². The van der Waals surface area contributed by atoms with Gasteiger partial charge in [-0.15, -0.1) is 0 Å². The molecule has 0 heterocycles. The number of aliphatic carboxylic acids is 2. The van der Waals surface area contributed by atoms with Crippen molar-refractivity contribution in [2.24, 2.45) is 11.7 Å². The first-order chi connectivity index (χ1) is 14.5. The summed E-state index contributed by atoms with van der Waals surface area (Å²) in [6, 6.07) is 4.68. The fraction of sp³-hybridized carbons (Fsp3) is 0.476. The van der Waals surface area contributed by atoms with E-state index in [-0.39, 0.29) is 12.3 Å². The molecule has 170 valence electrons. The number of nitrogens with one attached hydrogen (secondary N) is 3. The number of carboxylic acid groups (broad SMARTS) is 2. The van der Waals surface area contributed by atoms with Crippen molar-refractivity contribution in [2.75, 3.05) is 0 Å². The van der Waals surface area contributed by atoms with Crippen molar-refractivity contribution in [3.05, 3.63) is 35.4 Å². The summed E-state index contributed by atoms with van der Waals surface area (Å²) in [4.78, 5) is 46.8. The lowest BCUT2D eigenvalue weighted by Crippen LogP contribution is -2.53. The minimum Gasteiger partial charge on any atom is -0.481 e. The third-order valence-electron chi connectivity index (χ3n) is 4.65. The number of nitrogen functional groups attached to an aromatic ring is 1. The van der Waals surface area contributed by atoms with Crippen LogP contribution < -0.4 is 16.4 Å². The van der Waals surface area contributed by atoms with E-state index in [9.17, 15) is 24.3 Å². The molecule has 1 aromatic rings. The third-order valence-corrected chi connectivity index (χ3v) is 4.65. The Labute approximate surface area is 180 Å². The molecule has 2 atom stereocenters. The summed E-state index contributed by atoms with van der Waals surface area (Å²) in [5.74, 6) is -4.27. The lowest BCUT2D eigenvalue weighted by Gasteiger charge is -2.22. The fourth-order valence-corrected chi connectivity index (χ4v) is 2.88. The van der Waals surface area contributed by atoms with Crippen molar-refractivity contribution < 1.29 is 29.4 Å². The van der Waals surface area contributed by atoms with Crippen LogP contribution in [0.2, 0.25) is 0 Å². The van der Waals surface area contributed by atoms with Crippen molar-refractivity contribution >= 4 is 29.6 Å². The van der Waals surface area contributed by atoms with E-state index in [0.29, 0.717) is 24.8 Å². The zero-order valence-corrected chi connectivity index (χ0v) is 17.7. The van der Waals surface area contributed by atoms with Gasteiger partial charge in [0.1, 0.15) is 17.9 Å². The van der Waals surface area contributed by atoms with Crippen LogP contribution >= 0.6 is 0 Å². The van der Waals surface area contributed by atoms with Crippen LogP contribution in [-0.4, -0.2) is 51.9 Å². The third kappa shape index (κ3) is 9.28. The molecule has 0 radical (unpaired) electrons. The summed E-state index contributed by atoms with van der Waals surface area (Å²) in [6.45, 7) is 3.22. The van der Waals surface area contributed by atoms with E-state index in [1.807, 2.05) is 12.1 Å². The predicted molar refractivity (Wildman–Crippen MR) is 114 cm³/mol. The lowest BCUT2D eigenvalue weighted by molar-refractivity contribution is -0.144. The number of unbranched alkanes of at least 4 members (excludes halogenated alkanes) is 1. The van der Waals surface area contributed by atoms with Gasteiger partial charge >= 0.3 is 11.9 Å². The van der Waals surface area contributed by atoms with E-state index in [1.54, 1.807) is 26.0 Å². The van der Waals surface area contributed by atoms with Crippen LogP contribution in [0.1, 0.15) is 50.7 Å². The van der Waals surface area contributed by atoms with E-state index >= 15 is 0 Å². The van der Waals surface area contributed by atoms with Crippen LogP contribution in [0.4, 0.5) is 0 Å². The molecular weight excluding hydrogens is 404 g/mol. The molecule has 31 heavy (non-hydrogen) atoms. The molecule has 0 saturated heterocycles. The van der Waals surface area contributed by atoms with Gasteiger partial charge < -0.3 is 26.6 Å². The molecule has 0 aliphatic carbocycles. The maximum atomic E-state index is 12.3. The Morgan fingerprint density at radius 1 is 1.03 bits per heavy atom. The van der Waals surface area contributed by atoms with Crippen LogP contribution in [-0.2, 0) is 25.6 Å². The second-order valence-corrected chi connectivity index (χ2v) is 7.60. The topological polar surface area (TPSA) is 183 Å². The van der Waals surface area contributed by atoms with Crippen molar-refractivity contribution in [3.63, 3.8) is 0 Å². The Morgan fingerprint density at radius 2 is 1.65 bits per heavy atom. The Hall–Kier alpha value is -3.43. The van der Waals surface area contributed by atoms with E-state index < -0.39 is 48.2 Å². The number of carbonyl (C=O) groups is 4. The van der Waals surface area contributed by atoms with Gasteiger partial charge in [0.15, 0.2) is 0 Å². The second-order valence-electron chi connectivity index (χ2n) is 7.60. The summed E-state index contributed by atoms with van der Waals surface area (Å²) < 4.78 is 0. The number of hydrogen-bond donors (Lipinski definition) is 6. The average Bonchev–Trinajstić information content (AvgIpc) is 2.68. The number of rotatable bonds is 13. The van der Waals surface area contributed by atoms with Gasteiger partial charge in [0.05, 0.1) is 6.42 Å². The van der Waals surface area contributed by atoms with E-state index in [1.165, 1.54) is 0 Å². The summed E-state index contributed by atoms with van der Waals surface area (Å²) in [5, 5.41) is 30.2. The van der Waals surface area contributed by atoms with Gasteiger partial charge in [0.2, 0.25) is 11.8 Å². The van der Waals surface area contributed by atoms with Gasteiger partial charge in [-0.05, 0) is 30.7 Å². The Morgan fingerprint density at radius 3 is 2.13 bits per heavy atom. The number of aryl methyl sites for hydroxylation is 1. The molecule has 1 aromatic carbocycles. The van der Waals surface area contributed by atoms with Gasteiger partial charge in [-0.3, -0.25) is 19.8 Å². The van der Waals surface area contributed by atoms with E-state index in [4.69, 9.17) is 16.2 Å². The molecule has 7 N–H and O–H groups in total. The number of amides is 2. The Balaban J connectivity index is 2.55. The SMILES string of the molecule is CC(C)[C@H](NC(=O)[C@H](CC(=O)O)NC(=O)CCCCc1ccc(C(=N)N)cc1)C(=O)O. The second kappa shape index (κ2) is 12.3. The maximum absolute atomic E-state index is 12.3. The van der Waals surface area contributed by atoms with Gasteiger partial charge in [-0.1, -0.05) is 38.1 Å². The minimum atomic E-state index is -1.36. The first-order valence-electron chi connectivity index (χ1n) is 9.99. The molecule has 0 aliphatic heterocycles. The van der Waals surface area contributed by atoms with Crippen molar-refractivity contribution in [1.29, 1.82) is 5.41 Å². The highest BCUT2D eigenvalue weighted by atomic mass is 16.4. The summed E-state index contributed by atoms with van der Waals surface area (Å²) in [6.07, 6.45) is 1.37. The number of carbonyl (C=O) groups excluding carboxylic acids is 2. The van der Waals surface area contributed by atoms with Gasteiger partial charge in [-0.2, -0.15) is 0 Å². The predicted octanol–water partition coefficient (Wildman–Crippen LogP) is 0.868. The largest absolute Gasteiger partial charge is 0.481 e. The molecule has 0 aromatic heterocycles. The quantitative estimate of drug-likeness (QED) is 0.151. The molecule has 0 bridgehead atoms. The fourth-order valence-electron chi connectivity index (χ4n) is 2.88. The number of amidine groups is 1. The zero-order valence-electron chi connectivity index (χ0n) is 17.7. The minimum absolute atomic E-state index is 0.00811. The molecule has 0 aliphatic rings. The molecule has 0 saturated carbocycles. The number of carboxylic acids is 2. The number of nitrogens with two attached hydrogens (primary N) is 1. The average molecular weight is 434 g/mol. The van der Waals surface area contributed by atoms with Crippen LogP contribution in [0.5, 0.6) is 0 Å². The first-order valence-corrected chi connectivity index (χ1v) is 9.99. The summed E-state index contributed by atoms with van der Waals surface area (Å²) in [5.41, 5.74) is 7.07. The number of hydrogen-bond acceptors (Lipinski definition) is 5.